The number of nitrogens with one attached hydrogen (secondary N) is 1. The van der Waals surface area contributed by atoms with Gasteiger partial charge in [0.1, 0.15) is 0 Å². The molecule has 0 bridgehead atoms. The van der Waals surface area contributed by atoms with Crippen molar-refractivity contribution in [1.82, 2.24) is 4.31 Å². The van der Waals surface area contributed by atoms with Crippen LogP contribution in [0.5, 0.6) is 0 Å². The van der Waals surface area contributed by atoms with E-state index in [2.05, 4.69) is 19.2 Å². The Hall–Kier alpha value is -1.89. The van der Waals surface area contributed by atoms with E-state index in [-0.39, 0.29) is 30.0 Å². The molecular formula is C22H27ClN2O3S. The van der Waals surface area contributed by atoms with Gasteiger partial charge in [-0.2, -0.15) is 0 Å². The van der Waals surface area contributed by atoms with Crippen molar-refractivity contribution in [3.05, 3.63) is 64.7 Å². The topological polar surface area (TPSA) is 66.5 Å². The lowest BCUT2D eigenvalue weighted by atomic mass is 9.97. The highest BCUT2D eigenvalue weighted by Gasteiger charge is 2.32. The summed E-state index contributed by atoms with van der Waals surface area (Å²) in [5.41, 5.74) is 2.56. The maximum absolute atomic E-state index is 12.9. The molecule has 5 nitrogen and oxygen atoms in total. The average Bonchev–Trinajstić information content (AvgIpc) is 2.70. The van der Waals surface area contributed by atoms with Crippen LogP contribution in [-0.2, 0) is 20.6 Å². The van der Waals surface area contributed by atoms with E-state index in [0.717, 1.165) is 11.3 Å². The van der Waals surface area contributed by atoms with E-state index in [1.165, 1.54) is 4.31 Å². The number of amides is 1. The van der Waals surface area contributed by atoms with Crippen LogP contribution in [0.4, 0.5) is 5.69 Å². The Kier molecular flexibility index (Phi) is 6.98. The number of hydrogen-bond acceptors (Lipinski definition) is 3. The van der Waals surface area contributed by atoms with Crippen LogP contribution in [0.15, 0.2) is 48.5 Å². The van der Waals surface area contributed by atoms with E-state index in [9.17, 15) is 13.2 Å². The summed E-state index contributed by atoms with van der Waals surface area (Å²) in [5.74, 6) is -0.281. The lowest BCUT2D eigenvalue weighted by molar-refractivity contribution is -0.120. The molecule has 156 valence electrons. The predicted octanol–water partition coefficient (Wildman–Crippen LogP) is 4.64. The first-order valence-electron chi connectivity index (χ1n) is 9.88. The first-order valence-corrected chi connectivity index (χ1v) is 11.9. The van der Waals surface area contributed by atoms with Gasteiger partial charge in [0.05, 0.1) is 11.7 Å². The van der Waals surface area contributed by atoms with Gasteiger partial charge in [0.2, 0.25) is 15.9 Å². The summed E-state index contributed by atoms with van der Waals surface area (Å²) in [5, 5.41) is 3.59. The van der Waals surface area contributed by atoms with Crippen LogP contribution in [0.2, 0.25) is 5.02 Å². The summed E-state index contributed by atoms with van der Waals surface area (Å²) >= 11 is 5.88. The fourth-order valence-electron chi connectivity index (χ4n) is 3.64. The molecule has 1 amide bonds. The number of benzene rings is 2. The van der Waals surface area contributed by atoms with Crippen molar-refractivity contribution in [3.63, 3.8) is 0 Å². The van der Waals surface area contributed by atoms with Crippen LogP contribution in [0.3, 0.4) is 0 Å². The molecule has 1 aliphatic heterocycles. The van der Waals surface area contributed by atoms with Crippen molar-refractivity contribution in [1.29, 1.82) is 0 Å². The third kappa shape index (κ3) is 5.59. The summed E-state index contributed by atoms with van der Waals surface area (Å²) in [7, 11) is -3.50. The lowest BCUT2D eigenvalue weighted by Crippen LogP contribution is -2.44. The lowest BCUT2D eigenvalue weighted by Gasteiger charge is -2.31. The number of carbonyl (C=O) groups excluding carboxylic acids is 1. The molecule has 1 heterocycles. The summed E-state index contributed by atoms with van der Waals surface area (Å²) < 4.78 is 27.2. The molecule has 0 saturated carbocycles. The molecule has 1 saturated heterocycles. The monoisotopic (exact) mass is 434 g/mol. The van der Waals surface area contributed by atoms with E-state index in [0.29, 0.717) is 30.0 Å². The van der Waals surface area contributed by atoms with Gasteiger partial charge in [0.25, 0.3) is 0 Å². The molecule has 7 heteroatoms. The first-order chi connectivity index (χ1) is 13.8. The van der Waals surface area contributed by atoms with Gasteiger partial charge in [0, 0.05) is 23.8 Å². The second-order valence-electron chi connectivity index (χ2n) is 7.81. The fraction of sp³-hybridized carbons (Fsp3) is 0.409. The van der Waals surface area contributed by atoms with Crippen molar-refractivity contribution in [2.24, 2.45) is 5.92 Å². The van der Waals surface area contributed by atoms with Crippen LogP contribution in [0.25, 0.3) is 0 Å². The maximum Gasteiger partial charge on any atom is 0.228 e. The molecule has 0 radical (unpaired) electrons. The van der Waals surface area contributed by atoms with E-state index in [4.69, 9.17) is 11.6 Å². The Bertz CT molecular complexity index is 958. The Morgan fingerprint density at radius 1 is 1.17 bits per heavy atom. The number of anilines is 1. The highest BCUT2D eigenvalue weighted by atomic mass is 35.5. The minimum absolute atomic E-state index is 0.0886. The van der Waals surface area contributed by atoms with E-state index < -0.39 is 10.0 Å². The average molecular weight is 435 g/mol. The molecule has 0 unspecified atom stereocenters. The van der Waals surface area contributed by atoms with Gasteiger partial charge in [-0.25, -0.2) is 12.7 Å². The Balaban J connectivity index is 1.68. The van der Waals surface area contributed by atoms with Crippen molar-refractivity contribution < 1.29 is 13.2 Å². The zero-order valence-corrected chi connectivity index (χ0v) is 18.3. The molecule has 2 aromatic carbocycles. The summed E-state index contributed by atoms with van der Waals surface area (Å²) in [6.07, 6.45) is 1.35. The number of halogens is 1. The van der Waals surface area contributed by atoms with E-state index >= 15 is 0 Å². The Labute approximate surface area is 178 Å². The Morgan fingerprint density at radius 3 is 2.55 bits per heavy atom. The Morgan fingerprint density at radius 2 is 1.86 bits per heavy atom. The SMILES string of the molecule is CC(C)c1ccccc1NC(=O)[C@H]1CCCN(S(=O)(=O)Cc2ccc(Cl)cc2)C1. The standard InChI is InChI=1S/C22H27ClN2O3S/c1-16(2)20-7-3-4-8-21(20)24-22(26)18-6-5-13-25(14-18)29(27,28)15-17-9-11-19(23)12-10-17/h3-4,7-12,16,18H,5-6,13-15H2,1-2H3,(H,24,26)/t18-/m0/s1. The normalized spacial score (nSPS) is 18.0. The summed E-state index contributed by atoms with van der Waals surface area (Å²) in [4.78, 5) is 12.9. The van der Waals surface area contributed by atoms with Crippen molar-refractivity contribution in [3.8, 4) is 0 Å². The maximum atomic E-state index is 12.9. The minimum atomic E-state index is -3.50. The molecule has 1 N–H and O–H groups in total. The molecule has 0 aromatic heterocycles. The minimum Gasteiger partial charge on any atom is -0.326 e. The van der Waals surface area contributed by atoms with Gasteiger partial charge in [0.15, 0.2) is 0 Å². The molecule has 3 rings (SSSR count). The van der Waals surface area contributed by atoms with Crippen LogP contribution in [0.1, 0.15) is 43.7 Å². The van der Waals surface area contributed by atoms with Crippen molar-refractivity contribution in [2.45, 2.75) is 38.4 Å². The number of nitrogens with zero attached hydrogens (tertiary/aromatic N) is 1. The molecule has 1 aliphatic rings. The number of sulfonamides is 1. The second-order valence-corrected chi connectivity index (χ2v) is 10.2. The number of piperidine rings is 1. The van der Waals surface area contributed by atoms with Gasteiger partial charge >= 0.3 is 0 Å². The molecule has 0 spiro atoms. The number of carbonyl (C=O) groups is 1. The van der Waals surface area contributed by atoms with Gasteiger partial charge in [-0.05, 0) is 48.1 Å². The van der Waals surface area contributed by atoms with Crippen LogP contribution in [0, 0.1) is 5.92 Å². The van der Waals surface area contributed by atoms with Gasteiger partial charge in [-0.3, -0.25) is 4.79 Å². The largest absolute Gasteiger partial charge is 0.326 e. The molecule has 1 fully saturated rings. The fourth-order valence-corrected chi connectivity index (χ4v) is 5.38. The van der Waals surface area contributed by atoms with Crippen molar-refractivity contribution in [2.75, 3.05) is 18.4 Å². The van der Waals surface area contributed by atoms with Crippen LogP contribution in [-0.4, -0.2) is 31.7 Å². The number of hydrogen-bond donors (Lipinski definition) is 1. The van der Waals surface area contributed by atoms with Gasteiger partial charge < -0.3 is 5.32 Å². The summed E-state index contributed by atoms with van der Waals surface area (Å²) in [6, 6.07) is 14.6. The quantitative estimate of drug-likeness (QED) is 0.719. The number of rotatable bonds is 6. The number of para-hydroxylation sites is 1. The highest BCUT2D eigenvalue weighted by Crippen LogP contribution is 2.27. The molecule has 0 aliphatic carbocycles. The zero-order chi connectivity index (χ0) is 21.0. The first kappa shape index (κ1) is 21.8. The third-order valence-electron chi connectivity index (χ3n) is 5.25. The van der Waals surface area contributed by atoms with Crippen molar-refractivity contribution >= 4 is 33.2 Å². The zero-order valence-electron chi connectivity index (χ0n) is 16.8. The second kappa shape index (κ2) is 9.28. The highest BCUT2D eigenvalue weighted by molar-refractivity contribution is 7.88. The van der Waals surface area contributed by atoms with Gasteiger partial charge in [-0.1, -0.05) is 55.8 Å². The van der Waals surface area contributed by atoms with E-state index in [1.807, 2.05) is 24.3 Å². The van der Waals surface area contributed by atoms with Gasteiger partial charge in [-0.15, -0.1) is 0 Å². The van der Waals surface area contributed by atoms with Crippen LogP contribution >= 0.6 is 11.6 Å². The summed E-state index contributed by atoms with van der Waals surface area (Å²) in [6.45, 7) is 4.82. The molecule has 29 heavy (non-hydrogen) atoms. The predicted molar refractivity (Wildman–Crippen MR) is 118 cm³/mol. The van der Waals surface area contributed by atoms with E-state index in [1.54, 1.807) is 24.3 Å². The molecular weight excluding hydrogens is 408 g/mol. The molecule has 2 aromatic rings. The smallest absolute Gasteiger partial charge is 0.228 e. The third-order valence-corrected chi connectivity index (χ3v) is 7.32. The van der Waals surface area contributed by atoms with Crippen LogP contribution < -0.4 is 5.32 Å². The molecule has 1 atom stereocenters.